The Morgan fingerprint density at radius 2 is 2.17 bits per heavy atom. The van der Waals surface area contributed by atoms with E-state index >= 15 is 0 Å². The molecule has 3 nitrogen and oxygen atoms in total. The first-order valence-corrected chi connectivity index (χ1v) is 6.92. The molecule has 0 aliphatic rings. The molecule has 2 rings (SSSR count). The number of aromatic nitrogens is 2. The van der Waals surface area contributed by atoms with Crippen molar-refractivity contribution in [2.75, 3.05) is 11.9 Å². The Morgan fingerprint density at radius 1 is 1.39 bits per heavy atom. The normalized spacial score (nSPS) is 10.9. The average Bonchev–Trinajstić information content (AvgIpc) is 2.68. The molecule has 0 bridgehead atoms. The molecule has 1 aromatic carbocycles. The van der Waals surface area contributed by atoms with Crippen LogP contribution in [0.15, 0.2) is 28.7 Å². The molecule has 2 aromatic rings. The van der Waals surface area contributed by atoms with Gasteiger partial charge in [0.15, 0.2) is 5.82 Å². The molecule has 0 atom stereocenters. The second-order valence-electron chi connectivity index (χ2n) is 4.86. The average molecular weight is 308 g/mol. The molecule has 2 N–H and O–H groups in total. The number of rotatable bonds is 4. The van der Waals surface area contributed by atoms with Crippen LogP contribution in [0.4, 0.5) is 5.82 Å². The zero-order valence-electron chi connectivity index (χ0n) is 10.9. The van der Waals surface area contributed by atoms with Gasteiger partial charge < -0.3 is 5.32 Å². The van der Waals surface area contributed by atoms with Crippen LogP contribution in [0.2, 0.25) is 0 Å². The molecule has 0 spiro atoms. The van der Waals surface area contributed by atoms with Crippen molar-refractivity contribution in [3.63, 3.8) is 0 Å². The van der Waals surface area contributed by atoms with Crippen LogP contribution in [-0.2, 0) is 0 Å². The molecule has 96 valence electrons. The van der Waals surface area contributed by atoms with Gasteiger partial charge in [-0.3, -0.25) is 5.10 Å². The van der Waals surface area contributed by atoms with Crippen molar-refractivity contribution in [3.8, 4) is 11.3 Å². The summed E-state index contributed by atoms with van der Waals surface area (Å²) >= 11 is 3.49. The monoisotopic (exact) mass is 307 g/mol. The lowest BCUT2D eigenvalue weighted by molar-refractivity contribution is 0.686. The van der Waals surface area contributed by atoms with Crippen molar-refractivity contribution in [1.29, 1.82) is 0 Å². The zero-order chi connectivity index (χ0) is 13.1. The van der Waals surface area contributed by atoms with Gasteiger partial charge in [-0.05, 0) is 25.0 Å². The summed E-state index contributed by atoms with van der Waals surface area (Å²) < 4.78 is 1.07. The van der Waals surface area contributed by atoms with Crippen molar-refractivity contribution in [2.45, 2.75) is 20.8 Å². The summed E-state index contributed by atoms with van der Waals surface area (Å²) in [7, 11) is 0. The third kappa shape index (κ3) is 2.93. The maximum atomic E-state index is 4.34. The molecule has 0 aliphatic carbocycles. The maximum absolute atomic E-state index is 4.34. The lowest BCUT2D eigenvalue weighted by Crippen LogP contribution is -2.08. The number of hydrogen-bond acceptors (Lipinski definition) is 2. The minimum absolute atomic E-state index is 0.607. The van der Waals surface area contributed by atoms with E-state index in [0.29, 0.717) is 5.92 Å². The lowest BCUT2D eigenvalue weighted by Gasteiger charge is -2.07. The highest BCUT2D eigenvalue weighted by atomic mass is 79.9. The van der Waals surface area contributed by atoms with Crippen LogP contribution in [0, 0.1) is 12.8 Å². The van der Waals surface area contributed by atoms with Gasteiger partial charge in [0.25, 0.3) is 0 Å². The molecular weight excluding hydrogens is 290 g/mol. The van der Waals surface area contributed by atoms with E-state index in [4.69, 9.17) is 0 Å². The third-order valence-electron chi connectivity index (χ3n) is 2.80. The van der Waals surface area contributed by atoms with Gasteiger partial charge in [-0.1, -0.05) is 41.9 Å². The number of benzene rings is 1. The molecule has 0 unspecified atom stereocenters. The number of nitrogens with one attached hydrogen (secondary N) is 2. The highest BCUT2D eigenvalue weighted by Crippen LogP contribution is 2.27. The molecule has 0 aliphatic heterocycles. The number of hydrogen-bond donors (Lipinski definition) is 2. The van der Waals surface area contributed by atoms with Crippen LogP contribution < -0.4 is 5.32 Å². The van der Waals surface area contributed by atoms with Gasteiger partial charge in [-0.2, -0.15) is 5.10 Å². The standard InChI is InChI=1S/C14H18BrN3/c1-9(2)8-16-14-10(3)13(17-18-14)11-5-4-6-12(15)7-11/h4-7,9H,8H2,1-3H3,(H2,16,17,18). The van der Waals surface area contributed by atoms with Crippen LogP contribution in [0.25, 0.3) is 11.3 Å². The SMILES string of the molecule is Cc1c(NCC(C)C)n[nH]c1-c1cccc(Br)c1. The van der Waals surface area contributed by atoms with Crippen molar-refractivity contribution in [2.24, 2.45) is 5.92 Å². The molecule has 1 aromatic heterocycles. The van der Waals surface area contributed by atoms with Gasteiger partial charge in [-0.25, -0.2) is 0 Å². The van der Waals surface area contributed by atoms with E-state index in [1.54, 1.807) is 0 Å². The van der Waals surface area contributed by atoms with Crippen molar-refractivity contribution in [1.82, 2.24) is 10.2 Å². The van der Waals surface area contributed by atoms with Crippen LogP contribution in [0.3, 0.4) is 0 Å². The summed E-state index contributed by atoms with van der Waals surface area (Å²) in [6, 6.07) is 8.22. The fraction of sp³-hybridized carbons (Fsp3) is 0.357. The minimum atomic E-state index is 0.607. The van der Waals surface area contributed by atoms with E-state index in [1.165, 1.54) is 0 Å². The Labute approximate surface area is 116 Å². The number of aromatic amines is 1. The summed E-state index contributed by atoms with van der Waals surface area (Å²) in [4.78, 5) is 0. The highest BCUT2D eigenvalue weighted by molar-refractivity contribution is 9.10. The van der Waals surface area contributed by atoms with Gasteiger partial charge in [-0.15, -0.1) is 0 Å². The first-order valence-electron chi connectivity index (χ1n) is 6.12. The fourth-order valence-corrected chi connectivity index (χ4v) is 2.20. The Kier molecular flexibility index (Phi) is 4.07. The van der Waals surface area contributed by atoms with Gasteiger partial charge in [0.05, 0.1) is 5.69 Å². The van der Waals surface area contributed by atoms with E-state index < -0.39 is 0 Å². The zero-order valence-corrected chi connectivity index (χ0v) is 12.5. The van der Waals surface area contributed by atoms with Gasteiger partial charge >= 0.3 is 0 Å². The Balaban J connectivity index is 2.25. The predicted molar refractivity (Wildman–Crippen MR) is 79.8 cm³/mol. The maximum Gasteiger partial charge on any atom is 0.151 e. The second kappa shape index (κ2) is 5.57. The first kappa shape index (κ1) is 13.1. The summed E-state index contributed by atoms with van der Waals surface area (Å²) in [5, 5.41) is 10.8. The molecule has 0 amide bonds. The number of nitrogens with zero attached hydrogens (tertiary/aromatic N) is 1. The molecule has 0 fully saturated rings. The molecule has 1 heterocycles. The van der Waals surface area contributed by atoms with Crippen LogP contribution in [-0.4, -0.2) is 16.7 Å². The number of H-pyrrole nitrogens is 1. The van der Waals surface area contributed by atoms with E-state index in [9.17, 15) is 0 Å². The van der Waals surface area contributed by atoms with E-state index in [1.807, 2.05) is 12.1 Å². The second-order valence-corrected chi connectivity index (χ2v) is 5.77. The third-order valence-corrected chi connectivity index (χ3v) is 3.29. The molecule has 0 saturated carbocycles. The topological polar surface area (TPSA) is 40.7 Å². The summed E-state index contributed by atoms with van der Waals surface area (Å²) in [6.45, 7) is 7.39. The first-order chi connectivity index (χ1) is 8.58. The Hall–Kier alpha value is -1.29. The fourth-order valence-electron chi connectivity index (χ4n) is 1.80. The van der Waals surface area contributed by atoms with Crippen LogP contribution in [0.5, 0.6) is 0 Å². The number of anilines is 1. The summed E-state index contributed by atoms with van der Waals surface area (Å²) in [5.74, 6) is 1.55. The molecule has 0 radical (unpaired) electrons. The van der Waals surface area contributed by atoms with Crippen molar-refractivity contribution in [3.05, 3.63) is 34.3 Å². The highest BCUT2D eigenvalue weighted by Gasteiger charge is 2.10. The van der Waals surface area contributed by atoms with Gasteiger partial charge in [0, 0.05) is 22.1 Å². The van der Waals surface area contributed by atoms with E-state index in [2.05, 4.69) is 64.3 Å². The van der Waals surface area contributed by atoms with E-state index in [-0.39, 0.29) is 0 Å². The van der Waals surface area contributed by atoms with Crippen LogP contribution in [0.1, 0.15) is 19.4 Å². The van der Waals surface area contributed by atoms with Gasteiger partial charge in [0.1, 0.15) is 0 Å². The predicted octanol–water partition coefficient (Wildman–Crippen LogP) is 4.22. The Morgan fingerprint density at radius 3 is 2.83 bits per heavy atom. The van der Waals surface area contributed by atoms with Crippen molar-refractivity contribution < 1.29 is 0 Å². The minimum Gasteiger partial charge on any atom is -0.368 e. The molecule has 18 heavy (non-hydrogen) atoms. The van der Waals surface area contributed by atoms with E-state index in [0.717, 1.165) is 33.7 Å². The number of halogens is 1. The smallest absolute Gasteiger partial charge is 0.151 e. The van der Waals surface area contributed by atoms with Crippen LogP contribution >= 0.6 is 15.9 Å². The summed E-state index contributed by atoms with van der Waals surface area (Å²) in [6.07, 6.45) is 0. The molecule has 0 saturated heterocycles. The van der Waals surface area contributed by atoms with Gasteiger partial charge in [0.2, 0.25) is 0 Å². The summed E-state index contributed by atoms with van der Waals surface area (Å²) in [5.41, 5.74) is 3.38. The molecule has 4 heteroatoms. The Bertz CT molecular complexity index is 532. The molecular formula is C14H18BrN3. The largest absolute Gasteiger partial charge is 0.368 e. The quantitative estimate of drug-likeness (QED) is 0.888. The lowest BCUT2D eigenvalue weighted by atomic mass is 10.1. The van der Waals surface area contributed by atoms with Crippen molar-refractivity contribution >= 4 is 21.7 Å².